The van der Waals surface area contributed by atoms with Gasteiger partial charge in [0, 0.05) is 13.1 Å². The van der Waals surface area contributed by atoms with Crippen LogP contribution in [-0.2, 0) is 22.6 Å². The number of ether oxygens (including phenoxy) is 1. The highest BCUT2D eigenvalue weighted by atomic mass is 16.5. The number of rotatable bonds is 11. The van der Waals surface area contributed by atoms with Crippen LogP contribution in [0.15, 0.2) is 54.6 Å². The van der Waals surface area contributed by atoms with Crippen LogP contribution in [-0.4, -0.2) is 36.4 Å². The minimum Gasteiger partial charge on any atom is -0.497 e. The van der Waals surface area contributed by atoms with E-state index < -0.39 is 6.04 Å². The van der Waals surface area contributed by atoms with Crippen molar-refractivity contribution in [2.45, 2.75) is 52.1 Å². The fourth-order valence-corrected chi connectivity index (χ4v) is 3.23. The van der Waals surface area contributed by atoms with Gasteiger partial charge in [-0.05, 0) is 36.1 Å². The zero-order valence-electron chi connectivity index (χ0n) is 17.7. The van der Waals surface area contributed by atoms with Crippen molar-refractivity contribution in [1.82, 2.24) is 10.2 Å². The molecule has 2 amide bonds. The van der Waals surface area contributed by atoms with Crippen LogP contribution >= 0.6 is 0 Å². The van der Waals surface area contributed by atoms with Crippen LogP contribution in [0.25, 0.3) is 0 Å². The molecule has 1 N–H and O–H groups in total. The lowest BCUT2D eigenvalue weighted by Crippen LogP contribution is -2.49. The Morgan fingerprint density at radius 3 is 2.28 bits per heavy atom. The number of carbonyl (C=O) groups is 2. The minimum atomic E-state index is -0.495. The van der Waals surface area contributed by atoms with Crippen molar-refractivity contribution in [3.8, 4) is 5.75 Å². The molecule has 0 aliphatic rings. The van der Waals surface area contributed by atoms with Crippen molar-refractivity contribution >= 4 is 11.8 Å². The molecular formula is C24H32N2O3. The fraction of sp³-hybridized carbons (Fsp3) is 0.417. The van der Waals surface area contributed by atoms with Gasteiger partial charge in [0.2, 0.25) is 11.8 Å². The Balaban J connectivity index is 2.21. The molecule has 0 fully saturated rings. The van der Waals surface area contributed by atoms with E-state index in [0.717, 1.165) is 29.7 Å². The molecule has 0 bridgehead atoms. The summed E-state index contributed by atoms with van der Waals surface area (Å²) in [4.78, 5) is 27.7. The average molecular weight is 397 g/mol. The normalized spacial score (nSPS) is 11.6. The molecule has 2 aromatic rings. The number of carbonyl (C=O) groups excluding carboxylic acids is 2. The number of hydrogen-bond acceptors (Lipinski definition) is 3. The Bertz CT molecular complexity index is 759. The smallest absolute Gasteiger partial charge is 0.242 e. The SMILES string of the molecule is CCCCNC(=O)[C@H](CC)N(Cc1ccc(OC)cc1)C(=O)Cc1ccccc1. The van der Waals surface area contributed by atoms with Crippen LogP contribution < -0.4 is 10.1 Å². The molecule has 0 radical (unpaired) electrons. The van der Waals surface area contributed by atoms with Gasteiger partial charge in [-0.3, -0.25) is 9.59 Å². The van der Waals surface area contributed by atoms with E-state index in [0.29, 0.717) is 19.5 Å². The van der Waals surface area contributed by atoms with E-state index in [-0.39, 0.29) is 18.2 Å². The summed E-state index contributed by atoms with van der Waals surface area (Å²) in [6.45, 7) is 5.05. The molecule has 29 heavy (non-hydrogen) atoms. The number of nitrogens with one attached hydrogen (secondary N) is 1. The van der Waals surface area contributed by atoms with Gasteiger partial charge in [0.25, 0.3) is 0 Å². The lowest BCUT2D eigenvalue weighted by atomic mass is 10.1. The monoisotopic (exact) mass is 396 g/mol. The van der Waals surface area contributed by atoms with Gasteiger partial charge >= 0.3 is 0 Å². The second-order valence-electron chi connectivity index (χ2n) is 7.10. The lowest BCUT2D eigenvalue weighted by Gasteiger charge is -2.31. The number of methoxy groups -OCH3 is 1. The molecule has 0 aromatic heterocycles. The Labute approximate surface area is 174 Å². The third kappa shape index (κ3) is 6.93. The number of amides is 2. The fourth-order valence-electron chi connectivity index (χ4n) is 3.23. The van der Waals surface area contributed by atoms with E-state index in [1.165, 1.54) is 0 Å². The van der Waals surface area contributed by atoms with Crippen LogP contribution in [0, 0.1) is 0 Å². The topological polar surface area (TPSA) is 58.6 Å². The average Bonchev–Trinajstić information content (AvgIpc) is 2.75. The maximum absolute atomic E-state index is 13.2. The molecule has 0 saturated carbocycles. The van der Waals surface area contributed by atoms with Crippen molar-refractivity contribution in [1.29, 1.82) is 0 Å². The molecule has 5 nitrogen and oxygen atoms in total. The van der Waals surface area contributed by atoms with Gasteiger partial charge in [0.15, 0.2) is 0 Å². The van der Waals surface area contributed by atoms with E-state index in [1.54, 1.807) is 12.0 Å². The Morgan fingerprint density at radius 2 is 1.69 bits per heavy atom. The van der Waals surface area contributed by atoms with Crippen molar-refractivity contribution in [2.24, 2.45) is 0 Å². The first-order valence-corrected chi connectivity index (χ1v) is 10.3. The standard InChI is InChI=1S/C24H32N2O3/c1-4-6-16-25-24(28)22(5-2)26(18-20-12-14-21(29-3)15-13-20)23(27)17-19-10-8-7-9-11-19/h7-15,22H,4-6,16-18H2,1-3H3,(H,25,28)/t22-/m0/s1. The summed E-state index contributed by atoms with van der Waals surface area (Å²) < 4.78 is 5.22. The molecule has 0 heterocycles. The summed E-state index contributed by atoms with van der Waals surface area (Å²) in [5.74, 6) is 0.626. The maximum atomic E-state index is 13.2. The van der Waals surface area contributed by atoms with E-state index in [4.69, 9.17) is 4.74 Å². The Hall–Kier alpha value is -2.82. The summed E-state index contributed by atoms with van der Waals surface area (Å²) in [7, 11) is 1.62. The molecule has 1 atom stereocenters. The molecule has 0 saturated heterocycles. The van der Waals surface area contributed by atoms with Crippen molar-refractivity contribution in [3.63, 3.8) is 0 Å². The second-order valence-corrected chi connectivity index (χ2v) is 7.10. The van der Waals surface area contributed by atoms with Crippen molar-refractivity contribution in [3.05, 3.63) is 65.7 Å². The first-order chi connectivity index (χ1) is 14.1. The van der Waals surface area contributed by atoms with E-state index in [2.05, 4.69) is 12.2 Å². The Kier molecular flexibility index (Phi) is 9.22. The quantitative estimate of drug-likeness (QED) is 0.585. The third-order valence-corrected chi connectivity index (χ3v) is 4.93. The zero-order chi connectivity index (χ0) is 21.1. The van der Waals surface area contributed by atoms with Crippen LogP contribution in [0.3, 0.4) is 0 Å². The highest BCUT2D eigenvalue weighted by Crippen LogP contribution is 2.17. The minimum absolute atomic E-state index is 0.0514. The Morgan fingerprint density at radius 1 is 1.00 bits per heavy atom. The third-order valence-electron chi connectivity index (χ3n) is 4.93. The van der Waals surface area contributed by atoms with E-state index in [1.807, 2.05) is 61.5 Å². The molecule has 0 spiro atoms. The molecule has 2 rings (SSSR count). The zero-order valence-corrected chi connectivity index (χ0v) is 17.7. The number of hydrogen-bond donors (Lipinski definition) is 1. The summed E-state index contributed by atoms with van der Waals surface area (Å²) >= 11 is 0. The van der Waals surface area contributed by atoms with E-state index >= 15 is 0 Å². The molecule has 156 valence electrons. The van der Waals surface area contributed by atoms with Crippen molar-refractivity contribution in [2.75, 3.05) is 13.7 Å². The summed E-state index contributed by atoms with van der Waals surface area (Å²) in [6, 6.07) is 16.8. The van der Waals surface area contributed by atoms with Gasteiger partial charge in [-0.2, -0.15) is 0 Å². The number of nitrogens with zero attached hydrogens (tertiary/aromatic N) is 1. The number of unbranched alkanes of at least 4 members (excludes halogenated alkanes) is 1. The molecule has 5 heteroatoms. The van der Waals surface area contributed by atoms with Gasteiger partial charge in [-0.1, -0.05) is 62.7 Å². The molecular weight excluding hydrogens is 364 g/mol. The van der Waals surface area contributed by atoms with Gasteiger partial charge in [-0.25, -0.2) is 0 Å². The largest absolute Gasteiger partial charge is 0.497 e. The highest BCUT2D eigenvalue weighted by molar-refractivity contribution is 5.88. The second kappa shape index (κ2) is 11.9. The first-order valence-electron chi connectivity index (χ1n) is 10.3. The number of benzene rings is 2. The van der Waals surface area contributed by atoms with Crippen LogP contribution in [0.1, 0.15) is 44.2 Å². The summed E-state index contributed by atoms with van der Waals surface area (Å²) in [5.41, 5.74) is 1.91. The molecule has 0 aliphatic heterocycles. The summed E-state index contributed by atoms with van der Waals surface area (Å²) in [5, 5.41) is 2.99. The van der Waals surface area contributed by atoms with Gasteiger partial charge in [0.1, 0.15) is 11.8 Å². The van der Waals surface area contributed by atoms with E-state index in [9.17, 15) is 9.59 Å². The predicted molar refractivity (Wildman–Crippen MR) is 116 cm³/mol. The predicted octanol–water partition coefficient (Wildman–Crippen LogP) is 3.96. The molecule has 2 aromatic carbocycles. The van der Waals surface area contributed by atoms with Crippen LogP contribution in [0.5, 0.6) is 5.75 Å². The highest BCUT2D eigenvalue weighted by Gasteiger charge is 2.28. The van der Waals surface area contributed by atoms with Gasteiger partial charge in [-0.15, -0.1) is 0 Å². The maximum Gasteiger partial charge on any atom is 0.242 e. The first kappa shape index (κ1) is 22.5. The van der Waals surface area contributed by atoms with Crippen LogP contribution in [0.2, 0.25) is 0 Å². The lowest BCUT2D eigenvalue weighted by molar-refractivity contribution is -0.140. The molecule has 0 aliphatic carbocycles. The van der Waals surface area contributed by atoms with Crippen LogP contribution in [0.4, 0.5) is 0 Å². The summed E-state index contributed by atoms with van der Waals surface area (Å²) in [6.07, 6.45) is 2.78. The molecule has 0 unspecified atom stereocenters. The van der Waals surface area contributed by atoms with Gasteiger partial charge < -0.3 is 15.0 Å². The van der Waals surface area contributed by atoms with Gasteiger partial charge in [0.05, 0.1) is 13.5 Å². The van der Waals surface area contributed by atoms with Crippen molar-refractivity contribution < 1.29 is 14.3 Å².